The van der Waals surface area contributed by atoms with E-state index >= 15 is 0 Å². The third-order valence-electron chi connectivity index (χ3n) is 3.90. The number of carbonyl (C=O) groups excluding carboxylic acids is 1. The van der Waals surface area contributed by atoms with E-state index in [9.17, 15) is 4.79 Å². The molecule has 1 aliphatic heterocycles. The number of amides is 1. The highest BCUT2D eigenvalue weighted by atomic mass is 32.2. The van der Waals surface area contributed by atoms with Crippen LogP contribution in [-0.4, -0.2) is 35.0 Å². The molecule has 1 aromatic carbocycles. The lowest BCUT2D eigenvalue weighted by Gasteiger charge is -2.21. The van der Waals surface area contributed by atoms with E-state index in [2.05, 4.69) is 11.6 Å². The third-order valence-corrected chi connectivity index (χ3v) is 5.30. The molecule has 3 nitrogen and oxygen atoms in total. The lowest BCUT2D eigenvalue weighted by atomic mass is 10.1. The summed E-state index contributed by atoms with van der Waals surface area (Å²) in [5.41, 5.74) is 1.07. The normalized spacial score (nSPS) is 25.5. The van der Waals surface area contributed by atoms with Gasteiger partial charge >= 0.3 is 0 Å². The number of hydrogen-bond acceptors (Lipinski definition) is 3. The summed E-state index contributed by atoms with van der Waals surface area (Å²) in [5.74, 6) is 0.224. The zero-order chi connectivity index (χ0) is 12.6. The SMILES string of the molecule is CSC1(CN2CNC(c3ccccc3)C2=O)CC1. The fourth-order valence-corrected chi connectivity index (χ4v) is 3.30. The second kappa shape index (κ2) is 4.59. The summed E-state index contributed by atoms with van der Waals surface area (Å²) in [5, 5.41) is 3.31. The largest absolute Gasteiger partial charge is 0.327 e. The number of carbonyl (C=O) groups is 1. The fourth-order valence-electron chi connectivity index (χ4n) is 2.50. The van der Waals surface area contributed by atoms with E-state index in [1.807, 2.05) is 47.0 Å². The van der Waals surface area contributed by atoms with Crippen molar-refractivity contribution >= 4 is 17.7 Å². The maximum absolute atomic E-state index is 12.4. The Labute approximate surface area is 112 Å². The van der Waals surface area contributed by atoms with Crippen LogP contribution in [0.1, 0.15) is 24.4 Å². The van der Waals surface area contributed by atoms with Crippen LogP contribution in [0.5, 0.6) is 0 Å². The molecule has 1 unspecified atom stereocenters. The van der Waals surface area contributed by atoms with E-state index in [0.29, 0.717) is 11.4 Å². The van der Waals surface area contributed by atoms with E-state index in [1.165, 1.54) is 12.8 Å². The van der Waals surface area contributed by atoms with Crippen LogP contribution in [0.15, 0.2) is 30.3 Å². The van der Waals surface area contributed by atoms with Crippen molar-refractivity contribution in [3.8, 4) is 0 Å². The minimum atomic E-state index is -0.149. The van der Waals surface area contributed by atoms with Crippen LogP contribution < -0.4 is 5.32 Å². The summed E-state index contributed by atoms with van der Waals surface area (Å²) >= 11 is 1.90. The van der Waals surface area contributed by atoms with E-state index in [0.717, 1.165) is 12.1 Å². The Balaban J connectivity index is 1.69. The standard InChI is InChI=1S/C14H18N2OS/c1-18-14(7-8-14)9-16-10-15-12(13(16)17)11-5-3-2-4-6-11/h2-6,12,15H,7-10H2,1H3. The zero-order valence-corrected chi connectivity index (χ0v) is 11.4. The molecule has 0 radical (unpaired) electrons. The number of thioether (sulfide) groups is 1. The molecule has 1 saturated carbocycles. The molecule has 1 amide bonds. The van der Waals surface area contributed by atoms with Gasteiger partial charge in [0, 0.05) is 11.3 Å². The van der Waals surface area contributed by atoms with Crippen LogP contribution in [0.3, 0.4) is 0 Å². The van der Waals surface area contributed by atoms with Crippen LogP contribution in [0.2, 0.25) is 0 Å². The second-order valence-corrected chi connectivity index (χ2v) is 6.40. The summed E-state index contributed by atoms with van der Waals surface area (Å²) in [6, 6.07) is 9.83. The molecule has 1 heterocycles. The van der Waals surface area contributed by atoms with Crippen LogP contribution >= 0.6 is 11.8 Å². The molecule has 1 aromatic rings. The minimum absolute atomic E-state index is 0.149. The first-order valence-electron chi connectivity index (χ1n) is 6.36. The Hall–Kier alpha value is -1.00. The van der Waals surface area contributed by atoms with Crippen molar-refractivity contribution in [1.82, 2.24) is 10.2 Å². The maximum Gasteiger partial charge on any atom is 0.245 e. The summed E-state index contributed by atoms with van der Waals surface area (Å²) in [6.07, 6.45) is 4.64. The van der Waals surface area contributed by atoms with Gasteiger partial charge in [0.05, 0.1) is 6.67 Å². The van der Waals surface area contributed by atoms with Gasteiger partial charge in [-0.05, 0) is 24.7 Å². The highest BCUT2D eigenvalue weighted by Crippen LogP contribution is 2.48. The second-order valence-electron chi connectivity index (χ2n) is 5.13. The van der Waals surface area contributed by atoms with Crippen molar-refractivity contribution in [3.05, 3.63) is 35.9 Å². The average molecular weight is 262 g/mol. The lowest BCUT2D eigenvalue weighted by molar-refractivity contribution is -0.129. The lowest BCUT2D eigenvalue weighted by Crippen LogP contribution is -2.34. The Morgan fingerprint density at radius 3 is 2.72 bits per heavy atom. The average Bonchev–Trinajstić information content (AvgIpc) is 3.10. The van der Waals surface area contributed by atoms with Gasteiger partial charge in [0.2, 0.25) is 5.91 Å². The number of nitrogens with zero attached hydrogens (tertiary/aromatic N) is 1. The first-order valence-corrected chi connectivity index (χ1v) is 7.59. The number of benzene rings is 1. The van der Waals surface area contributed by atoms with E-state index < -0.39 is 0 Å². The van der Waals surface area contributed by atoms with Gasteiger partial charge in [0.15, 0.2) is 0 Å². The molecule has 2 aliphatic rings. The van der Waals surface area contributed by atoms with Crippen molar-refractivity contribution in [2.45, 2.75) is 23.6 Å². The number of rotatable bonds is 4. The van der Waals surface area contributed by atoms with E-state index in [4.69, 9.17) is 0 Å². The monoisotopic (exact) mass is 262 g/mol. The number of nitrogens with one attached hydrogen (secondary N) is 1. The molecule has 0 aromatic heterocycles. The zero-order valence-electron chi connectivity index (χ0n) is 10.6. The van der Waals surface area contributed by atoms with Gasteiger partial charge in [-0.2, -0.15) is 11.8 Å². The molecule has 4 heteroatoms. The van der Waals surface area contributed by atoms with E-state index in [-0.39, 0.29) is 11.9 Å². The van der Waals surface area contributed by atoms with Crippen molar-refractivity contribution in [3.63, 3.8) is 0 Å². The maximum atomic E-state index is 12.4. The topological polar surface area (TPSA) is 32.3 Å². The highest BCUT2D eigenvalue weighted by Gasteiger charge is 2.46. The number of hydrogen-bond donors (Lipinski definition) is 1. The molecule has 0 spiro atoms. The van der Waals surface area contributed by atoms with Gasteiger partial charge < -0.3 is 4.90 Å². The molecular formula is C14H18N2OS. The molecule has 3 rings (SSSR count). The molecule has 0 bridgehead atoms. The first kappa shape index (κ1) is 12.1. The van der Waals surface area contributed by atoms with Gasteiger partial charge in [-0.25, -0.2) is 0 Å². The van der Waals surface area contributed by atoms with Gasteiger partial charge in [0.1, 0.15) is 6.04 Å². The summed E-state index contributed by atoms with van der Waals surface area (Å²) in [6.45, 7) is 1.57. The van der Waals surface area contributed by atoms with Crippen molar-refractivity contribution < 1.29 is 4.79 Å². The molecule has 18 heavy (non-hydrogen) atoms. The predicted molar refractivity (Wildman–Crippen MR) is 74.4 cm³/mol. The molecule has 96 valence electrons. The molecule has 1 saturated heterocycles. The van der Waals surface area contributed by atoms with Crippen LogP contribution in [0, 0.1) is 0 Å². The summed E-state index contributed by atoms with van der Waals surface area (Å²) in [7, 11) is 0. The van der Waals surface area contributed by atoms with Crippen molar-refractivity contribution in [2.75, 3.05) is 19.5 Å². The Kier molecular flexibility index (Phi) is 3.08. The molecule has 2 fully saturated rings. The molecule has 1 aliphatic carbocycles. The summed E-state index contributed by atoms with van der Waals surface area (Å²) in [4.78, 5) is 14.4. The predicted octanol–water partition coefficient (Wildman–Crippen LogP) is 2.01. The van der Waals surface area contributed by atoms with Crippen LogP contribution in [-0.2, 0) is 4.79 Å². The molecular weight excluding hydrogens is 244 g/mol. The first-order chi connectivity index (χ1) is 8.74. The Morgan fingerprint density at radius 2 is 2.11 bits per heavy atom. The molecule has 1 atom stereocenters. The smallest absolute Gasteiger partial charge is 0.245 e. The Bertz CT molecular complexity index is 444. The van der Waals surface area contributed by atoms with Gasteiger partial charge in [-0.15, -0.1) is 0 Å². The molecule has 1 N–H and O–H groups in total. The summed E-state index contributed by atoms with van der Waals surface area (Å²) < 4.78 is 0.350. The Morgan fingerprint density at radius 1 is 1.39 bits per heavy atom. The van der Waals surface area contributed by atoms with Crippen LogP contribution in [0.25, 0.3) is 0 Å². The van der Waals surface area contributed by atoms with Crippen molar-refractivity contribution in [1.29, 1.82) is 0 Å². The quantitative estimate of drug-likeness (QED) is 0.901. The third kappa shape index (κ3) is 2.15. The van der Waals surface area contributed by atoms with Crippen molar-refractivity contribution in [2.24, 2.45) is 0 Å². The minimum Gasteiger partial charge on any atom is -0.327 e. The fraction of sp³-hybridized carbons (Fsp3) is 0.500. The highest BCUT2D eigenvalue weighted by molar-refractivity contribution is 8.00. The van der Waals surface area contributed by atoms with Gasteiger partial charge in [0.25, 0.3) is 0 Å². The van der Waals surface area contributed by atoms with Gasteiger partial charge in [-0.1, -0.05) is 30.3 Å². The van der Waals surface area contributed by atoms with Crippen LogP contribution in [0.4, 0.5) is 0 Å². The van der Waals surface area contributed by atoms with Gasteiger partial charge in [-0.3, -0.25) is 10.1 Å². The van der Waals surface area contributed by atoms with E-state index in [1.54, 1.807) is 0 Å².